The summed E-state index contributed by atoms with van der Waals surface area (Å²) in [5.41, 5.74) is -6.52. The molecule has 8 heteroatoms. The topological polar surface area (TPSA) is 126 Å². The molecule has 36 heavy (non-hydrogen) atoms. The molecule has 0 saturated heterocycles. The van der Waals surface area contributed by atoms with E-state index in [1.165, 1.54) is 13.2 Å². The highest BCUT2D eigenvalue weighted by atomic mass is 16.5. The Labute approximate surface area is 209 Å². The Balaban J connectivity index is 1.65. The minimum atomic E-state index is -1.87. The molecule has 5 rings (SSSR count). The van der Waals surface area contributed by atoms with Crippen LogP contribution >= 0.6 is 0 Å². The van der Waals surface area contributed by atoms with Crippen LogP contribution in [0.1, 0.15) is 51.7 Å². The molecule has 192 valence electrons. The van der Waals surface area contributed by atoms with Crippen LogP contribution in [-0.4, -0.2) is 45.0 Å². The predicted octanol–water partition coefficient (Wildman–Crippen LogP) is 2.93. The van der Waals surface area contributed by atoms with Crippen molar-refractivity contribution in [2.24, 2.45) is 10.8 Å². The first-order chi connectivity index (χ1) is 16.8. The summed E-state index contributed by atoms with van der Waals surface area (Å²) in [6.07, 6.45) is 3.41. The zero-order chi connectivity index (χ0) is 26.3. The second kappa shape index (κ2) is 7.54. The lowest BCUT2D eigenvalue weighted by Gasteiger charge is -2.68. The molecule has 1 saturated carbocycles. The summed E-state index contributed by atoms with van der Waals surface area (Å²) in [5.74, 6) is 0.558. The monoisotopic (exact) mass is 496 g/mol. The van der Waals surface area contributed by atoms with Gasteiger partial charge in [-0.25, -0.2) is 4.79 Å². The highest BCUT2D eigenvalue weighted by Gasteiger charge is 2.77. The molecule has 0 unspecified atom stereocenters. The first kappa shape index (κ1) is 24.7. The number of hydrogen-bond acceptors (Lipinski definition) is 8. The summed E-state index contributed by atoms with van der Waals surface area (Å²) >= 11 is 0. The van der Waals surface area contributed by atoms with Gasteiger partial charge in [0.1, 0.15) is 28.5 Å². The molecule has 0 spiro atoms. The van der Waals surface area contributed by atoms with Gasteiger partial charge >= 0.3 is 5.63 Å². The summed E-state index contributed by atoms with van der Waals surface area (Å²) in [6, 6.07) is 6.65. The van der Waals surface area contributed by atoms with Gasteiger partial charge in [0.2, 0.25) is 0 Å². The SMILES string of the molecule is COc1cc(-c2cc3c(c(=O)o2)C[C@]2(O)[C@@]4(C)C(=O)C=CC(C)(C)[C@]4(O)CC[C@@]2(C)O3)ccc1CO. The van der Waals surface area contributed by atoms with Crippen LogP contribution in [0, 0.1) is 10.8 Å². The normalized spacial score (nSPS) is 34.3. The van der Waals surface area contributed by atoms with Crippen LogP contribution < -0.4 is 15.1 Å². The number of hydrogen-bond donors (Lipinski definition) is 3. The number of allylic oxidation sites excluding steroid dienone is 1. The van der Waals surface area contributed by atoms with Gasteiger partial charge in [0.05, 0.1) is 30.3 Å². The van der Waals surface area contributed by atoms with E-state index in [4.69, 9.17) is 13.9 Å². The molecule has 8 nitrogen and oxygen atoms in total. The number of methoxy groups -OCH3 is 1. The van der Waals surface area contributed by atoms with E-state index in [9.17, 15) is 24.9 Å². The van der Waals surface area contributed by atoms with Crippen LogP contribution in [0.4, 0.5) is 0 Å². The number of ether oxygens (including phenoxy) is 2. The Bertz CT molecular complexity index is 1360. The van der Waals surface area contributed by atoms with Crippen molar-refractivity contribution in [2.75, 3.05) is 7.11 Å². The first-order valence-corrected chi connectivity index (χ1v) is 12.1. The van der Waals surface area contributed by atoms with Crippen molar-refractivity contribution in [1.82, 2.24) is 0 Å². The van der Waals surface area contributed by atoms with E-state index in [2.05, 4.69) is 0 Å². The number of aliphatic hydroxyl groups excluding tert-OH is 1. The number of ketones is 1. The fourth-order valence-corrected chi connectivity index (χ4v) is 6.63. The summed E-state index contributed by atoms with van der Waals surface area (Å²) in [5, 5.41) is 33.8. The van der Waals surface area contributed by atoms with Gasteiger partial charge in [-0.3, -0.25) is 4.79 Å². The van der Waals surface area contributed by atoms with Crippen LogP contribution in [0.2, 0.25) is 0 Å². The van der Waals surface area contributed by atoms with Crippen molar-refractivity contribution < 1.29 is 34.0 Å². The third-order valence-corrected chi connectivity index (χ3v) is 9.22. The number of rotatable bonds is 3. The molecule has 1 fully saturated rings. The van der Waals surface area contributed by atoms with Crippen molar-refractivity contribution in [3.8, 4) is 22.8 Å². The molecular weight excluding hydrogens is 464 g/mol. The standard InChI is InChI=1S/C28H32O8/c1-24(2)9-8-22(30)26(4)27(24,32)11-10-25(3)28(26,33)14-18-21(36-25)13-20(35-23(18)31)16-6-7-17(15-29)19(12-16)34-5/h6-9,12-13,29,32-33H,10-11,14-15H2,1-5H3/t25-,26+,27-,28-/m1/s1. The zero-order valence-corrected chi connectivity index (χ0v) is 21.2. The van der Waals surface area contributed by atoms with Crippen molar-refractivity contribution in [3.63, 3.8) is 0 Å². The molecule has 1 aliphatic heterocycles. The summed E-state index contributed by atoms with van der Waals surface area (Å²) in [4.78, 5) is 26.6. The van der Waals surface area contributed by atoms with Crippen molar-refractivity contribution >= 4 is 5.78 Å². The third kappa shape index (κ3) is 2.86. The smallest absolute Gasteiger partial charge is 0.343 e. The number of carbonyl (C=O) groups is 1. The maximum absolute atomic E-state index is 13.4. The van der Waals surface area contributed by atoms with Crippen molar-refractivity contribution in [3.05, 3.63) is 58.0 Å². The van der Waals surface area contributed by atoms with Gasteiger partial charge in [0.25, 0.3) is 0 Å². The van der Waals surface area contributed by atoms with E-state index in [1.807, 2.05) is 13.8 Å². The van der Waals surface area contributed by atoms with E-state index in [1.54, 1.807) is 44.2 Å². The molecule has 2 aromatic rings. The van der Waals surface area contributed by atoms with Crippen LogP contribution in [0.5, 0.6) is 11.5 Å². The second-order valence-corrected chi connectivity index (χ2v) is 11.2. The predicted molar refractivity (Wildman–Crippen MR) is 131 cm³/mol. The fourth-order valence-electron chi connectivity index (χ4n) is 6.63. The molecule has 0 bridgehead atoms. The zero-order valence-electron chi connectivity index (χ0n) is 21.2. The minimum absolute atomic E-state index is 0.114. The maximum atomic E-state index is 13.4. The maximum Gasteiger partial charge on any atom is 0.343 e. The van der Waals surface area contributed by atoms with Gasteiger partial charge in [0, 0.05) is 29.0 Å². The number of fused-ring (bicyclic) bond motifs is 4. The summed E-state index contributed by atoms with van der Waals surface area (Å²) < 4.78 is 17.3. The molecule has 3 aliphatic rings. The average Bonchev–Trinajstić information content (AvgIpc) is 2.84. The number of aliphatic hydroxyl groups is 3. The van der Waals surface area contributed by atoms with Gasteiger partial charge in [-0.2, -0.15) is 0 Å². The Morgan fingerprint density at radius 1 is 1.03 bits per heavy atom. The van der Waals surface area contributed by atoms with Crippen LogP contribution in [0.15, 0.2) is 45.6 Å². The molecule has 3 N–H and O–H groups in total. The molecule has 4 atom stereocenters. The van der Waals surface area contributed by atoms with Gasteiger partial charge in [-0.05, 0) is 38.8 Å². The molecule has 1 aromatic carbocycles. The van der Waals surface area contributed by atoms with Crippen molar-refractivity contribution in [1.29, 1.82) is 0 Å². The van der Waals surface area contributed by atoms with Crippen LogP contribution in [0.25, 0.3) is 11.3 Å². The Morgan fingerprint density at radius 3 is 2.42 bits per heavy atom. The quantitative estimate of drug-likeness (QED) is 0.592. The molecule has 2 aliphatic carbocycles. The Kier molecular flexibility index (Phi) is 5.18. The lowest BCUT2D eigenvalue weighted by molar-refractivity contribution is -0.297. The largest absolute Gasteiger partial charge is 0.496 e. The van der Waals surface area contributed by atoms with Gasteiger partial charge in [-0.15, -0.1) is 0 Å². The highest BCUT2D eigenvalue weighted by Crippen LogP contribution is 2.65. The fraction of sp³-hybridized carbons (Fsp3) is 0.500. The van der Waals surface area contributed by atoms with E-state index in [-0.39, 0.29) is 42.9 Å². The van der Waals surface area contributed by atoms with Crippen LogP contribution in [0.3, 0.4) is 0 Å². The molecule has 0 amide bonds. The van der Waals surface area contributed by atoms with Crippen molar-refractivity contribution in [2.45, 2.75) is 70.4 Å². The molecule has 1 aromatic heterocycles. The first-order valence-electron chi connectivity index (χ1n) is 12.1. The van der Waals surface area contributed by atoms with Gasteiger partial charge in [0.15, 0.2) is 5.78 Å². The average molecular weight is 497 g/mol. The highest BCUT2D eigenvalue weighted by molar-refractivity contribution is 5.98. The van der Waals surface area contributed by atoms with Gasteiger partial charge < -0.3 is 29.2 Å². The Morgan fingerprint density at radius 2 is 1.75 bits per heavy atom. The third-order valence-electron chi connectivity index (χ3n) is 9.22. The number of benzene rings is 1. The van der Waals surface area contributed by atoms with E-state index < -0.39 is 39.0 Å². The summed E-state index contributed by atoms with van der Waals surface area (Å²) in [7, 11) is 1.49. The molecule has 0 radical (unpaired) electrons. The van der Waals surface area contributed by atoms with Crippen LogP contribution in [-0.2, 0) is 17.8 Å². The lowest BCUT2D eigenvalue weighted by atomic mass is 9.41. The number of carbonyl (C=O) groups excluding carboxylic acids is 1. The second-order valence-electron chi connectivity index (χ2n) is 11.2. The van der Waals surface area contributed by atoms with E-state index in [0.717, 1.165) is 0 Å². The lowest BCUT2D eigenvalue weighted by Crippen LogP contribution is -2.81. The Hall–Kier alpha value is -2.94. The van der Waals surface area contributed by atoms with Gasteiger partial charge in [-0.1, -0.05) is 32.1 Å². The summed E-state index contributed by atoms with van der Waals surface area (Å²) in [6.45, 7) is 6.79. The molecule has 2 heterocycles. The van der Waals surface area contributed by atoms with E-state index in [0.29, 0.717) is 16.9 Å². The minimum Gasteiger partial charge on any atom is -0.496 e. The van der Waals surface area contributed by atoms with E-state index >= 15 is 0 Å². The molecular formula is C28H32O8.